The molecule has 0 spiro atoms. The van der Waals surface area contributed by atoms with Crippen molar-refractivity contribution >= 4 is 29.5 Å². The highest BCUT2D eigenvalue weighted by molar-refractivity contribution is 6.30. The van der Waals surface area contributed by atoms with Gasteiger partial charge < -0.3 is 9.47 Å². The van der Waals surface area contributed by atoms with Crippen molar-refractivity contribution in [2.24, 2.45) is 4.99 Å². The first kappa shape index (κ1) is 14.4. The number of methoxy groups -OCH3 is 1. The molecule has 0 saturated carbocycles. The number of carbonyl (C=O) groups is 1. The second-order valence-corrected chi connectivity index (χ2v) is 5.06. The molecule has 0 bridgehead atoms. The van der Waals surface area contributed by atoms with Crippen molar-refractivity contribution < 1.29 is 14.3 Å². The van der Waals surface area contributed by atoms with E-state index in [2.05, 4.69) is 4.99 Å². The van der Waals surface area contributed by atoms with Crippen molar-refractivity contribution in [2.45, 2.75) is 0 Å². The molecule has 2 aromatic carbocycles. The lowest BCUT2D eigenvalue weighted by molar-refractivity contribution is -0.129. The molecule has 0 aliphatic carbocycles. The van der Waals surface area contributed by atoms with Gasteiger partial charge in [-0.3, -0.25) is 0 Å². The number of ether oxygens (including phenoxy) is 2. The molecule has 0 aromatic heterocycles. The number of hydrogen-bond acceptors (Lipinski definition) is 4. The summed E-state index contributed by atoms with van der Waals surface area (Å²) in [5.74, 6) is 0.506. The first-order valence-corrected chi connectivity index (χ1v) is 6.96. The van der Waals surface area contributed by atoms with Gasteiger partial charge in [-0.2, -0.15) is 0 Å². The van der Waals surface area contributed by atoms with Gasteiger partial charge in [0, 0.05) is 10.6 Å². The van der Waals surface area contributed by atoms with Crippen LogP contribution in [0.4, 0.5) is 0 Å². The minimum absolute atomic E-state index is 0.248. The number of esters is 1. The van der Waals surface area contributed by atoms with Crippen LogP contribution in [-0.2, 0) is 9.53 Å². The molecule has 2 aromatic rings. The Balaban J connectivity index is 1.92. The maximum atomic E-state index is 11.9. The van der Waals surface area contributed by atoms with Crippen molar-refractivity contribution in [3.05, 3.63) is 70.4 Å². The molecule has 0 atom stereocenters. The van der Waals surface area contributed by atoms with Gasteiger partial charge in [-0.05, 0) is 48.0 Å². The van der Waals surface area contributed by atoms with E-state index in [1.54, 1.807) is 37.5 Å². The Kier molecular flexibility index (Phi) is 3.94. The zero-order chi connectivity index (χ0) is 15.5. The lowest BCUT2D eigenvalue weighted by atomic mass is 10.2. The zero-order valence-corrected chi connectivity index (χ0v) is 12.5. The van der Waals surface area contributed by atoms with Gasteiger partial charge in [0.15, 0.2) is 5.70 Å². The number of nitrogens with zero attached hydrogens (tertiary/aromatic N) is 1. The molecule has 5 heteroatoms. The van der Waals surface area contributed by atoms with E-state index in [0.717, 1.165) is 5.56 Å². The second-order valence-electron chi connectivity index (χ2n) is 4.62. The Bertz CT molecular complexity index is 779. The average molecular weight is 314 g/mol. The van der Waals surface area contributed by atoms with Crippen molar-refractivity contribution in [3.8, 4) is 5.75 Å². The predicted molar refractivity (Wildman–Crippen MR) is 85.1 cm³/mol. The molecule has 4 nitrogen and oxygen atoms in total. The Morgan fingerprint density at radius 1 is 1.18 bits per heavy atom. The fraction of sp³-hybridized carbons (Fsp3) is 0.0588. The van der Waals surface area contributed by atoms with Crippen LogP contribution in [0.2, 0.25) is 5.02 Å². The van der Waals surface area contributed by atoms with Crippen LogP contribution in [-0.4, -0.2) is 19.0 Å². The Morgan fingerprint density at radius 3 is 2.68 bits per heavy atom. The maximum absolute atomic E-state index is 11.9. The first-order valence-electron chi connectivity index (χ1n) is 6.58. The molecular formula is C17H12ClNO3. The van der Waals surface area contributed by atoms with Crippen molar-refractivity contribution in [1.82, 2.24) is 0 Å². The average Bonchev–Trinajstić information content (AvgIpc) is 2.89. The first-order chi connectivity index (χ1) is 10.7. The van der Waals surface area contributed by atoms with E-state index < -0.39 is 5.97 Å². The topological polar surface area (TPSA) is 47.9 Å². The number of halogens is 1. The summed E-state index contributed by atoms with van der Waals surface area (Å²) in [5.41, 5.74) is 1.76. The van der Waals surface area contributed by atoms with Crippen LogP contribution >= 0.6 is 11.6 Å². The maximum Gasteiger partial charge on any atom is 0.363 e. The van der Waals surface area contributed by atoms with E-state index in [-0.39, 0.29) is 11.6 Å². The summed E-state index contributed by atoms with van der Waals surface area (Å²) in [6.45, 7) is 0. The number of carbonyl (C=O) groups excluding carboxylic acids is 1. The molecule has 0 radical (unpaired) electrons. The fourth-order valence-electron chi connectivity index (χ4n) is 2.01. The van der Waals surface area contributed by atoms with E-state index in [1.165, 1.54) is 0 Å². The van der Waals surface area contributed by atoms with E-state index in [4.69, 9.17) is 21.1 Å². The van der Waals surface area contributed by atoms with Gasteiger partial charge >= 0.3 is 5.97 Å². The summed E-state index contributed by atoms with van der Waals surface area (Å²) in [6.07, 6.45) is 1.66. The lowest BCUT2D eigenvalue weighted by Gasteiger charge is -2.00. The summed E-state index contributed by atoms with van der Waals surface area (Å²) in [4.78, 5) is 16.2. The molecule has 0 amide bonds. The van der Waals surface area contributed by atoms with Gasteiger partial charge in [-0.15, -0.1) is 0 Å². The normalized spacial score (nSPS) is 15.6. The van der Waals surface area contributed by atoms with Gasteiger partial charge in [-0.1, -0.05) is 23.7 Å². The molecule has 3 rings (SSSR count). The Labute approximate surface area is 132 Å². The van der Waals surface area contributed by atoms with E-state index >= 15 is 0 Å². The number of benzene rings is 2. The quantitative estimate of drug-likeness (QED) is 0.641. The molecule has 0 N–H and O–H groups in total. The summed E-state index contributed by atoms with van der Waals surface area (Å²) in [6, 6.07) is 14.3. The van der Waals surface area contributed by atoms with Crippen LogP contribution in [0, 0.1) is 0 Å². The van der Waals surface area contributed by atoms with Gasteiger partial charge in [-0.25, -0.2) is 9.79 Å². The second kappa shape index (κ2) is 6.03. The van der Waals surface area contributed by atoms with Gasteiger partial charge in [0.25, 0.3) is 0 Å². The number of hydrogen-bond donors (Lipinski definition) is 0. The summed E-state index contributed by atoms with van der Waals surface area (Å²) < 4.78 is 10.4. The molecule has 1 aliphatic heterocycles. The van der Waals surface area contributed by atoms with Crippen LogP contribution in [0.15, 0.2) is 59.2 Å². The minimum Gasteiger partial charge on any atom is -0.497 e. The predicted octanol–water partition coefficient (Wildman–Crippen LogP) is 3.69. The van der Waals surface area contributed by atoms with E-state index in [9.17, 15) is 4.79 Å². The van der Waals surface area contributed by atoms with Crippen molar-refractivity contribution in [1.29, 1.82) is 0 Å². The van der Waals surface area contributed by atoms with Crippen LogP contribution < -0.4 is 4.74 Å². The number of cyclic esters (lactones) is 1. The Morgan fingerprint density at radius 2 is 1.95 bits per heavy atom. The van der Waals surface area contributed by atoms with Crippen molar-refractivity contribution in [2.75, 3.05) is 7.11 Å². The van der Waals surface area contributed by atoms with Crippen LogP contribution in [0.1, 0.15) is 11.1 Å². The van der Waals surface area contributed by atoms with Crippen molar-refractivity contribution in [3.63, 3.8) is 0 Å². The van der Waals surface area contributed by atoms with Gasteiger partial charge in [0.1, 0.15) is 5.75 Å². The third-order valence-corrected chi connectivity index (χ3v) is 3.36. The summed E-state index contributed by atoms with van der Waals surface area (Å²) in [7, 11) is 1.59. The summed E-state index contributed by atoms with van der Waals surface area (Å²) >= 11 is 5.84. The highest BCUT2D eigenvalue weighted by Crippen LogP contribution is 2.21. The van der Waals surface area contributed by atoms with E-state index in [0.29, 0.717) is 16.3 Å². The standard InChI is InChI=1S/C17H12ClNO3/c1-21-14-4-2-3-11(9-14)10-15-17(20)22-16(19-15)12-5-7-13(18)8-6-12/h2-10H,1H3/b15-10-. The van der Waals surface area contributed by atoms with Gasteiger partial charge in [0.2, 0.25) is 5.90 Å². The van der Waals surface area contributed by atoms with Gasteiger partial charge in [0.05, 0.1) is 7.11 Å². The lowest BCUT2D eigenvalue weighted by Crippen LogP contribution is -2.05. The van der Waals surface area contributed by atoms with Crippen LogP contribution in [0.25, 0.3) is 6.08 Å². The number of rotatable bonds is 3. The van der Waals surface area contributed by atoms with E-state index in [1.807, 2.05) is 24.3 Å². The third kappa shape index (κ3) is 3.02. The molecule has 0 unspecified atom stereocenters. The molecule has 110 valence electrons. The summed E-state index contributed by atoms with van der Waals surface area (Å²) in [5, 5.41) is 0.612. The number of aliphatic imine (C=N–C) groups is 1. The third-order valence-electron chi connectivity index (χ3n) is 3.11. The molecule has 0 saturated heterocycles. The largest absolute Gasteiger partial charge is 0.497 e. The Hall–Kier alpha value is -2.59. The van der Waals surface area contributed by atoms with Crippen LogP contribution in [0.3, 0.4) is 0 Å². The van der Waals surface area contributed by atoms with Crippen LogP contribution in [0.5, 0.6) is 5.75 Å². The SMILES string of the molecule is COc1cccc(/C=C2\N=C(c3ccc(Cl)cc3)OC2=O)c1. The smallest absolute Gasteiger partial charge is 0.363 e. The molecular weight excluding hydrogens is 302 g/mol. The molecule has 0 fully saturated rings. The molecule has 1 aliphatic rings. The molecule has 1 heterocycles. The fourth-order valence-corrected chi connectivity index (χ4v) is 2.14. The highest BCUT2D eigenvalue weighted by atomic mass is 35.5. The molecule has 22 heavy (non-hydrogen) atoms. The minimum atomic E-state index is -0.479. The zero-order valence-electron chi connectivity index (χ0n) is 11.7. The highest BCUT2D eigenvalue weighted by Gasteiger charge is 2.24. The monoisotopic (exact) mass is 313 g/mol.